The van der Waals surface area contributed by atoms with Gasteiger partial charge >= 0.3 is 5.97 Å². The number of aliphatic carboxylic acids is 1. The maximum atomic E-state index is 11.7. The van der Waals surface area contributed by atoms with Crippen molar-refractivity contribution in [2.45, 2.75) is 19.5 Å². The van der Waals surface area contributed by atoms with Gasteiger partial charge in [-0.2, -0.15) is 0 Å². The molecule has 4 N–H and O–H groups in total. The Labute approximate surface area is 115 Å². The molecular formula is C13H16N2O5. The molecule has 1 atom stereocenters. The van der Waals surface area contributed by atoms with Crippen molar-refractivity contribution in [3.8, 4) is 0 Å². The van der Waals surface area contributed by atoms with Crippen LogP contribution >= 0.6 is 0 Å². The summed E-state index contributed by atoms with van der Waals surface area (Å²) < 4.78 is 0. The Morgan fingerprint density at radius 2 is 1.80 bits per heavy atom. The van der Waals surface area contributed by atoms with E-state index in [4.69, 9.17) is 10.2 Å². The van der Waals surface area contributed by atoms with Crippen molar-refractivity contribution < 1.29 is 24.6 Å². The van der Waals surface area contributed by atoms with Crippen LogP contribution in [0, 0.1) is 0 Å². The number of hydrogen-bond acceptors (Lipinski definition) is 4. The Kier molecular flexibility index (Phi) is 5.67. The monoisotopic (exact) mass is 280 g/mol. The summed E-state index contributed by atoms with van der Waals surface area (Å²) in [6.45, 7) is 1.08. The summed E-state index contributed by atoms with van der Waals surface area (Å²) in [4.78, 5) is 33.2. The molecule has 0 aliphatic rings. The van der Waals surface area contributed by atoms with Crippen molar-refractivity contribution >= 4 is 17.8 Å². The van der Waals surface area contributed by atoms with Gasteiger partial charge in [0.1, 0.15) is 0 Å². The minimum Gasteiger partial charge on any atom is -0.480 e. The topological polar surface area (TPSA) is 116 Å². The van der Waals surface area contributed by atoms with Crippen LogP contribution < -0.4 is 10.6 Å². The Morgan fingerprint density at radius 3 is 2.25 bits per heavy atom. The first-order valence-corrected chi connectivity index (χ1v) is 5.92. The van der Waals surface area contributed by atoms with Gasteiger partial charge in [-0.1, -0.05) is 12.1 Å². The van der Waals surface area contributed by atoms with E-state index in [9.17, 15) is 14.4 Å². The minimum atomic E-state index is -1.33. The van der Waals surface area contributed by atoms with Gasteiger partial charge in [-0.15, -0.1) is 0 Å². The second-order valence-electron chi connectivity index (χ2n) is 4.15. The van der Waals surface area contributed by atoms with E-state index < -0.39 is 24.5 Å². The van der Waals surface area contributed by atoms with Gasteiger partial charge in [-0.25, -0.2) is 4.79 Å². The van der Waals surface area contributed by atoms with Crippen molar-refractivity contribution in [1.29, 1.82) is 0 Å². The molecule has 7 heteroatoms. The van der Waals surface area contributed by atoms with Crippen LogP contribution in [0.3, 0.4) is 0 Å². The number of carbonyl (C=O) groups is 3. The molecule has 0 aliphatic heterocycles. The van der Waals surface area contributed by atoms with Gasteiger partial charge in [-0.05, 0) is 17.7 Å². The fourth-order valence-corrected chi connectivity index (χ4v) is 1.43. The Bertz CT molecular complexity index is 498. The second-order valence-corrected chi connectivity index (χ2v) is 4.15. The first-order chi connectivity index (χ1) is 9.43. The fourth-order valence-electron chi connectivity index (χ4n) is 1.43. The predicted molar refractivity (Wildman–Crippen MR) is 69.9 cm³/mol. The lowest BCUT2D eigenvalue weighted by molar-refractivity contribution is -0.140. The van der Waals surface area contributed by atoms with Gasteiger partial charge in [0.15, 0.2) is 6.04 Å². The molecule has 1 unspecified atom stereocenters. The maximum Gasteiger partial charge on any atom is 0.328 e. The van der Waals surface area contributed by atoms with Crippen molar-refractivity contribution in [1.82, 2.24) is 10.6 Å². The lowest BCUT2D eigenvalue weighted by Gasteiger charge is -2.11. The van der Waals surface area contributed by atoms with Crippen LogP contribution in [-0.4, -0.2) is 40.6 Å². The van der Waals surface area contributed by atoms with Crippen molar-refractivity contribution in [2.75, 3.05) is 6.61 Å². The standard InChI is InChI=1S/C13H16N2O5/c1-8(17)14-6-9-2-4-10(5-3-9)12(18)15-11(7-16)13(19)20/h2-5,11,16H,6-7H2,1H3,(H,14,17)(H,15,18)(H,19,20). The smallest absolute Gasteiger partial charge is 0.328 e. The van der Waals surface area contributed by atoms with E-state index in [0.717, 1.165) is 5.56 Å². The molecule has 0 bridgehead atoms. The lowest BCUT2D eigenvalue weighted by atomic mass is 10.1. The van der Waals surface area contributed by atoms with Gasteiger partial charge in [0, 0.05) is 19.0 Å². The predicted octanol–water partition coefficient (Wildman–Crippen LogP) is -0.502. The van der Waals surface area contributed by atoms with E-state index in [1.54, 1.807) is 12.1 Å². The number of carboxylic acids is 1. The van der Waals surface area contributed by atoms with Gasteiger partial charge < -0.3 is 20.8 Å². The molecule has 2 amide bonds. The first-order valence-electron chi connectivity index (χ1n) is 5.92. The number of hydrogen-bond donors (Lipinski definition) is 4. The number of aliphatic hydroxyl groups excluding tert-OH is 1. The SMILES string of the molecule is CC(=O)NCc1ccc(C(=O)NC(CO)C(=O)O)cc1. The van der Waals surface area contributed by atoms with Gasteiger partial charge in [0.2, 0.25) is 5.91 Å². The molecule has 0 radical (unpaired) electrons. The van der Waals surface area contributed by atoms with Crippen molar-refractivity contribution in [2.24, 2.45) is 0 Å². The van der Waals surface area contributed by atoms with Crippen LogP contribution in [-0.2, 0) is 16.1 Å². The Morgan fingerprint density at radius 1 is 1.20 bits per heavy atom. The number of benzene rings is 1. The van der Waals surface area contributed by atoms with E-state index in [-0.39, 0.29) is 11.5 Å². The molecule has 0 spiro atoms. The number of rotatable bonds is 6. The Hall–Kier alpha value is -2.41. The highest BCUT2D eigenvalue weighted by Gasteiger charge is 2.19. The molecule has 0 fully saturated rings. The third-order valence-corrected chi connectivity index (χ3v) is 2.54. The summed E-state index contributed by atoms with van der Waals surface area (Å²) >= 11 is 0. The largest absolute Gasteiger partial charge is 0.480 e. The van der Waals surface area contributed by atoms with Gasteiger partial charge in [0.05, 0.1) is 6.61 Å². The Balaban J connectivity index is 2.65. The molecule has 1 rings (SSSR count). The zero-order chi connectivity index (χ0) is 15.1. The molecule has 7 nitrogen and oxygen atoms in total. The number of aliphatic hydroxyl groups is 1. The summed E-state index contributed by atoms with van der Waals surface area (Å²) in [6.07, 6.45) is 0. The normalized spacial score (nSPS) is 11.5. The van der Waals surface area contributed by atoms with Gasteiger partial charge in [0.25, 0.3) is 5.91 Å². The average Bonchev–Trinajstić information content (AvgIpc) is 2.42. The van der Waals surface area contributed by atoms with Crippen molar-refractivity contribution in [3.63, 3.8) is 0 Å². The number of nitrogens with one attached hydrogen (secondary N) is 2. The number of amides is 2. The fraction of sp³-hybridized carbons (Fsp3) is 0.308. The van der Waals surface area contributed by atoms with Crippen LogP contribution in [0.2, 0.25) is 0 Å². The number of carbonyl (C=O) groups excluding carboxylic acids is 2. The van der Waals surface area contributed by atoms with E-state index >= 15 is 0 Å². The summed E-state index contributed by atoms with van der Waals surface area (Å²) in [5.41, 5.74) is 1.09. The lowest BCUT2D eigenvalue weighted by Crippen LogP contribution is -2.43. The highest BCUT2D eigenvalue weighted by atomic mass is 16.4. The maximum absolute atomic E-state index is 11.7. The second kappa shape index (κ2) is 7.25. The molecule has 0 aromatic heterocycles. The molecule has 108 valence electrons. The van der Waals surface area contributed by atoms with Crippen LogP contribution in [0.5, 0.6) is 0 Å². The zero-order valence-corrected chi connectivity index (χ0v) is 10.9. The van der Waals surface area contributed by atoms with Crippen LogP contribution in [0.1, 0.15) is 22.8 Å². The van der Waals surface area contributed by atoms with E-state index in [1.807, 2.05) is 0 Å². The molecule has 0 saturated carbocycles. The highest BCUT2D eigenvalue weighted by Crippen LogP contribution is 2.05. The third kappa shape index (κ3) is 4.69. The van der Waals surface area contributed by atoms with E-state index in [1.165, 1.54) is 19.1 Å². The van der Waals surface area contributed by atoms with Gasteiger partial charge in [-0.3, -0.25) is 9.59 Å². The molecule has 0 aliphatic carbocycles. The summed E-state index contributed by atoms with van der Waals surface area (Å²) in [6, 6.07) is 5.01. The molecule has 1 aromatic rings. The van der Waals surface area contributed by atoms with E-state index in [0.29, 0.717) is 6.54 Å². The molecule has 0 saturated heterocycles. The minimum absolute atomic E-state index is 0.154. The van der Waals surface area contributed by atoms with Crippen molar-refractivity contribution in [3.05, 3.63) is 35.4 Å². The summed E-state index contributed by atoms with van der Waals surface area (Å²) in [5.74, 6) is -2.04. The number of carboxylic acid groups (broad SMARTS) is 1. The molecule has 20 heavy (non-hydrogen) atoms. The molecule has 1 aromatic carbocycles. The zero-order valence-electron chi connectivity index (χ0n) is 10.9. The van der Waals surface area contributed by atoms with Crippen LogP contribution in [0.15, 0.2) is 24.3 Å². The van der Waals surface area contributed by atoms with Crippen LogP contribution in [0.25, 0.3) is 0 Å². The molecular weight excluding hydrogens is 264 g/mol. The first kappa shape index (κ1) is 15.6. The van der Waals surface area contributed by atoms with E-state index in [2.05, 4.69) is 10.6 Å². The quantitative estimate of drug-likeness (QED) is 0.560. The summed E-state index contributed by atoms with van der Waals surface area (Å²) in [5, 5.41) is 22.4. The highest BCUT2D eigenvalue weighted by molar-refractivity contribution is 5.96. The third-order valence-electron chi connectivity index (χ3n) is 2.54. The molecule has 0 heterocycles. The van der Waals surface area contributed by atoms with Crippen LogP contribution in [0.4, 0.5) is 0 Å². The average molecular weight is 280 g/mol. The summed E-state index contributed by atoms with van der Waals surface area (Å²) in [7, 11) is 0.